The highest BCUT2D eigenvalue weighted by molar-refractivity contribution is 7.93. The molecule has 2 aromatic heterocycles. The number of pyridine rings is 1. The molecule has 0 fully saturated rings. The fraction of sp³-hybridized carbons (Fsp3) is 0.211. The maximum atomic E-state index is 13.1. The minimum absolute atomic E-state index is 0.0272. The number of ether oxygens (including phenoxy) is 1. The lowest BCUT2D eigenvalue weighted by Gasteiger charge is -2.18. The molecule has 1 unspecified atom stereocenters. The van der Waals surface area contributed by atoms with Crippen LogP contribution in [-0.4, -0.2) is 35.0 Å². The molecular weight excluding hydrogens is 432 g/mol. The molecule has 154 valence electrons. The van der Waals surface area contributed by atoms with Gasteiger partial charge in [-0.05, 0) is 54.3 Å². The highest BCUT2D eigenvalue weighted by Gasteiger charge is 2.31. The van der Waals surface area contributed by atoms with Crippen molar-refractivity contribution in [3.63, 3.8) is 0 Å². The van der Waals surface area contributed by atoms with Gasteiger partial charge in [0.25, 0.3) is 0 Å². The number of benzene rings is 1. The maximum Gasteiger partial charge on any atom is 0.240 e. The van der Waals surface area contributed by atoms with Gasteiger partial charge in [-0.3, -0.25) is 4.98 Å². The summed E-state index contributed by atoms with van der Waals surface area (Å²) in [5, 5.41) is 0.560. The van der Waals surface area contributed by atoms with Crippen molar-refractivity contribution in [2.24, 2.45) is 0 Å². The van der Waals surface area contributed by atoms with E-state index in [0.717, 1.165) is 11.3 Å². The summed E-state index contributed by atoms with van der Waals surface area (Å²) in [4.78, 5) is 4.01. The predicted octanol–water partition coefficient (Wildman–Crippen LogP) is 3.04. The third-order valence-electron chi connectivity index (χ3n) is 4.11. The van der Waals surface area contributed by atoms with Gasteiger partial charge in [0.2, 0.25) is 10.0 Å². The molecule has 0 aliphatic heterocycles. The zero-order valence-corrected chi connectivity index (χ0v) is 18.0. The summed E-state index contributed by atoms with van der Waals surface area (Å²) >= 11 is 1.09. The first-order valence-electron chi connectivity index (χ1n) is 8.74. The summed E-state index contributed by atoms with van der Waals surface area (Å²) in [6.45, 7) is 1.98. The van der Waals surface area contributed by atoms with Crippen LogP contribution in [0, 0.1) is 0 Å². The third kappa shape index (κ3) is 5.02. The highest BCUT2D eigenvalue weighted by atomic mass is 32.2. The number of hydrogen-bond donors (Lipinski definition) is 1. The van der Waals surface area contributed by atoms with E-state index in [-0.39, 0.29) is 15.6 Å². The number of nitrogens with zero attached hydrogens (tertiary/aromatic N) is 1. The van der Waals surface area contributed by atoms with Gasteiger partial charge < -0.3 is 4.74 Å². The van der Waals surface area contributed by atoms with E-state index < -0.39 is 25.1 Å². The van der Waals surface area contributed by atoms with Crippen molar-refractivity contribution in [2.75, 3.05) is 13.2 Å². The van der Waals surface area contributed by atoms with Crippen LogP contribution in [0.15, 0.2) is 75.4 Å². The van der Waals surface area contributed by atoms with Gasteiger partial charge in [0.05, 0.1) is 11.5 Å². The average molecular weight is 453 g/mol. The van der Waals surface area contributed by atoms with Gasteiger partial charge in [-0.25, -0.2) is 21.6 Å². The van der Waals surface area contributed by atoms with Crippen molar-refractivity contribution in [3.05, 3.63) is 71.9 Å². The molecule has 0 aliphatic carbocycles. The second kappa shape index (κ2) is 9.04. The Morgan fingerprint density at radius 1 is 1.07 bits per heavy atom. The minimum atomic E-state index is -3.91. The molecule has 2 heterocycles. The van der Waals surface area contributed by atoms with Crippen LogP contribution < -0.4 is 9.46 Å². The van der Waals surface area contributed by atoms with Crippen LogP contribution in [-0.2, 0) is 19.9 Å². The lowest BCUT2D eigenvalue weighted by molar-refractivity contribution is 0.340. The van der Waals surface area contributed by atoms with Crippen molar-refractivity contribution in [1.29, 1.82) is 0 Å². The molecule has 7 nitrogen and oxygen atoms in total. The molecule has 0 bridgehead atoms. The maximum absolute atomic E-state index is 13.1. The first-order chi connectivity index (χ1) is 13.8. The molecule has 10 heteroatoms. The van der Waals surface area contributed by atoms with Gasteiger partial charge in [0, 0.05) is 18.9 Å². The highest BCUT2D eigenvalue weighted by Crippen LogP contribution is 2.31. The molecular formula is C19H20N2O5S3. The summed E-state index contributed by atoms with van der Waals surface area (Å²) < 4.78 is 59.5. The van der Waals surface area contributed by atoms with Crippen LogP contribution in [0.5, 0.6) is 5.75 Å². The molecule has 0 radical (unpaired) electrons. The number of thiophene rings is 1. The van der Waals surface area contributed by atoms with E-state index in [0.29, 0.717) is 17.9 Å². The van der Waals surface area contributed by atoms with Gasteiger partial charge in [0.1, 0.15) is 15.2 Å². The molecule has 29 heavy (non-hydrogen) atoms. The lowest BCUT2D eigenvalue weighted by atomic mass is 10.2. The summed E-state index contributed by atoms with van der Waals surface area (Å²) in [5.41, 5.74) is 0.412. The topological polar surface area (TPSA) is 102 Å². The SMILES string of the molecule is CCOc1ccc(S(=O)(=O)NCC(c2cccnc2)S(=O)(=O)c2cccs2)cc1. The Labute approximate surface area is 174 Å². The fourth-order valence-electron chi connectivity index (χ4n) is 2.69. The molecule has 0 saturated carbocycles. The van der Waals surface area contributed by atoms with Crippen LogP contribution >= 0.6 is 11.3 Å². The second-order valence-corrected chi connectivity index (χ2v) is 11.1. The largest absolute Gasteiger partial charge is 0.494 e. The summed E-state index contributed by atoms with van der Waals surface area (Å²) in [5.74, 6) is 0.556. The van der Waals surface area contributed by atoms with Gasteiger partial charge in [-0.1, -0.05) is 12.1 Å². The number of aromatic nitrogens is 1. The van der Waals surface area contributed by atoms with E-state index in [9.17, 15) is 16.8 Å². The molecule has 1 atom stereocenters. The van der Waals surface area contributed by atoms with Gasteiger partial charge in [-0.15, -0.1) is 11.3 Å². The number of sulfone groups is 1. The molecule has 1 N–H and O–H groups in total. The third-order valence-corrected chi connectivity index (χ3v) is 9.08. The van der Waals surface area contributed by atoms with Crippen LogP contribution in [0.2, 0.25) is 0 Å². The molecule has 3 rings (SSSR count). The zero-order valence-electron chi connectivity index (χ0n) is 15.6. The lowest BCUT2D eigenvalue weighted by Crippen LogP contribution is -2.31. The quantitative estimate of drug-likeness (QED) is 0.535. The summed E-state index contributed by atoms with van der Waals surface area (Å²) in [7, 11) is -7.71. The predicted molar refractivity (Wildman–Crippen MR) is 111 cm³/mol. The normalized spacial score (nSPS) is 13.1. The molecule has 3 aromatic rings. The summed E-state index contributed by atoms with van der Waals surface area (Å²) in [6, 6.07) is 12.3. The Balaban J connectivity index is 1.87. The summed E-state index contributed by atoms with van der Waals surface area (Å²) in [6.07, 6.45) is 2.96. The number of nitrogens with one attached hydrogen (secondary N) is 1. The Morgan fingerprint density at radius 2 is 1.83 bits per heavy atom. The van der Waals surface area contributed by atoms with Crippen LogP contribution in [0.1, 0.15) is 17.7 Å². The van der Waals surface area contributed by atoms with Crippen LogP contribution in [0.4, 0.5) is 0 Å². The van der Waals surface area contributed by atoms with E-state index in [2.05, 4.69) is 9.71 Å². The van der Waals surface area contributed by atoms with Gasteiger partial charge >= 0.3 is 0 Å². The number of rotatable bonds is 9. The number of hydrogen-bond acceptors (Lipinski definition) is 7. The molecule has 1 aromatic carbocycles. The van der Waals surface area contributed by atoms with E-state index in [4.69, 9.17) is 4.74 Å². The first-order valence-corrected chi connectivity index (χ1v) is 12.7. The Morgan fingerprint density at radius 3 is 2.41 bits per heavy atom. The van der Waals surface area contributed by atoms with E-state index in [1.807, 2.05) is 6.92 Å². The van der Waals surface area contributed by atoms with E-state index in [1.165, 1.54) is 30.6 Å². The Hall–Kier alpha value is -2.27. The van der Waals surface area contributed by atoms with Gasteiger partial charge in [-0.2, -0.15) is 0 Å². The number of sulfonamides is 1. The van der Waals surface area contributed by atoms with E-state index >= 15 is 0 Å². The van der Waals surface area contributed by atoms with E-state index in [1.54, 1.807) is 35.7 Å². The second-order valence-electron chi connectivity index (χ2n) is 6.01. The van der Waals surface area contributed by atoms with Crippen LogP contribution in [0.25, 0.3) is 0 Å². The zero-order chi connectivity index (χ0) is 20.9. The standard InChI is InChI=1S/C19H20N2O5S3/c1-2-26-16-7-9-17(10-8-16)29(24,25)21-14-18(15-5-3-11-20-13-15)28(22,23)19-6-4-12-27-19/h3-13,18,21H,2,14H2,1H3. The van der Waals surface area contributed by atoms with Crippen molar-refractivity contribution in [1.82, 2.24) is 9.71 Å². The van der Waals surface area contributed by atoms with Crippen molar-refractivity contribution in [2.45, 2.75) is 21.3 Å². The van der Waals surface area contributed by atoms with Crippen molar-refractivity contribution < 1.29 is 21.6 Å². The van der Waals surface area contributed by atoms with Crippen molar-refractivity contribution >= 4 is 31.2 Å². The Kier molecular flexibility index (Phi) is 6.68. The Bertz CT molecular complexity index is 1130. The van der Waals surface area contributed by atoms with Crippen LogP contribution in [0.3, 0.4) is 0 Å². The molecule has 0 aliphatic rings. The first kappa shape index (κ1) is 21.4. The molecule has 0 spiro atoms. The van der Waals surface area contributed by atoms with Crippen molar-refractivity contribution in [3.8, 4) is 5.75 Å². The minimum Gasteiger partial charge on any atom is -0.494 e. The molecule has 0 amide bonds. The van der Waals surface area contributed by atoms with Gasteiger partial charge in [0.15, 0.2) is 9.84 Å². The monoisotopic (exact) mass is 452 g/mol. The molecule has 0 saturated heterocycles. The smallest absolute Gasteiger partial charge is 0.240 e. The fourth-order valence-corrected chi connectivity index (χ4v) is 6.69. The average Bonchev–Trinajstić information content (AvgIpc) is 3.25.